The Morgan fingerprint density at radius 2 is 1.35 bits per heavy atom. The summed E-state index contributed by atoms with van der Waals surface area (Å²) in [5, 5.41) is 0. The molecule has 0 N–H and O–H groups in total. The molecule has 17 heavy (non-hydrogen) atoms. The zero-order chi connectivity index (χ0) is 13.7. The molecule has 0 aliphatic heterocycles. The highest BCUT2D eigenvalue weighted by molar-refractivity contribution is 6.70. The third-order valence-electron chi connectivity index (χ3n) is 1.66. The molecule has 2 unspecified atom stereocenters. The Balaban J connectivity index is 4.35. The summed E-state index contributed by atoms with van der Waals surface area (Å²) >= 11 is 0. The van der Waals surface area contributed by atoms with E-state index in [1.807, 2.05) is 26.0 Å². The van der Waals surface area contributed by atoms with E-state index >= 15 is 0 Å². The lowest BCUT2D eigenvalue weighted by molar-refractivity contribution is -0.161. The Kier molecular flexibility index (Phi) is 6.87. The molecule has 0 aliphatic carbocycles. The monoisotopic (exact) mass is 276 g/mol. The van der Waals surface area contributed by atoms with Gasteiger partial charge >= 0.3 is 0 Å². The normalized spacial score (nSPS) is 17.4. The van der Waals surface area contributed by atoms with E-state index in [9.17, 15) is 0 Å². The van der Waals surface area contributed by atoms with E-state index in [-0.39, 0.29) is 12.6 Å². The predicted octanol–water partition coefficient (Wildman–Crippen LogP) is 3.95. The molecule has 3 nitrogen and oxygen atoms in total. The Morgan fingerprint density at radius 3 is 1.71 bits per heavy atom. The summed E-state index contributed by atoms with van der Waals surface area (Å²) in [4.78, 5) is 0. The van der Waals surface area contributed by atoms with Crippen molar-refractivity contribution >= 4 is 16.6 Å². The van der Waals surface area contributed by atoms with Crippen LogP contribution in [0.4, 0.5) is 0 Å². The molecule has 0 aliphatic rings. The second-order valence-corrected chi connectivity index (χ2v) is 15.0. The molecule has 0 amide bonds. The smallest absolute Gasteiger partial charge is 0.187 e. The zero-order valence-electron chi connectivity index (χ0n) is 12.5. The second kappa shape index (κ2) is 6.85. The SMILES string of the molecule is C/C=C/C(OC(C)O[Si](C)(C)C)O[Si](C)(C)C. The van der Waals surface area contributed by atoms with E-state index in [0.717, 1.165) is 0 Å². The molecule has 0 aromatic carbocycles. The van der Waals surface area contributed by atoms with Crippen molar-refractivity contribution < 1.29 is 13.6 Å². The van der Waals surface area contributed by atoms with E-state index in [0.29, 0.717) is 0 Å². The van der Waals surface area contributed by atoms with E-state index in [2.05, 4.69) is 39.3 Å². The van der Waals surface area contributed by atoms with Gasteiger partial charge in [-0.2, -0.15) is 0 Å². The topological polar surface area (TPSA) is 27.7 Å². The first-order valence-electron chi connectivity index (χ1n) is 6.17. The molecular weight excluding hydrogens is 248 g/mol. The van der Waals surface area contributed by atoms with Gasteiger partial charge in [0.2, 0.25) is 0 Å². The van der Waals surface area contributed by atoms with Gasteiger partial charge in [0.05, 0.1) is 0 Å². The molecule has 0 aromatic heterocycles. The molecule has 0 saturated carbocycles. The molecule has 0 bridgehead atoms. The van der Waals surface area contributed by atoms with Crippen molar-refractivity contribution in [2.45, 2.75) is 65.7 Å². The average Bonchev–Trinajstić information content (AvgIpc) is 1.95. The van der Waals surface area contributed by atoms with Gasteiger partial charge in [0, 0.05) is 0 Å². The maximum atomic E-state index is 5.93. The maximum absolute atomic E-state index is 5.93. The Labute approximate surface area is 108 Å². The predicted molar refractivity (Wildman–Crippen MR) is 78.0 cm³/mol. The van der Waals surface area contributed by atoms with Crippen LogP contribution in [0.1, 0.15) is 13.8 Å². The molecule has 0 spiro atoms. The van der Waals surface area contributed by atoms with Gasteiger partial charge < -0.3 is 13.6 Å². The highest BCUT2D eigenvalue weighted by Crippen LogP contribution is 2.14. The summed E-state index contributed by atoms with van der Waals surface area (Å²) in [6.07, 6.45) is 3.37. The van der Waals surface area contributed by atoms with Crippen LogP contribution in [0.5, 0.6) is 0 Å². The Bertz CT molecular complexity index is 241. The van der Waals surface area contributed by atoms with Gasteiger partial charge in [0.15, 0.2) is 22.9 Å². The van der Waals surface area contributed by atoms with Crippen LogP contribution in [0, 0.1) is 0 Å². The summed E-state index contributed by atoms with van der Waals surface area (Å²) in [6, 6.07) is 0. The standard InChI is InChI=1S/C12H28O3Si2/c1-9-10-12(15-17(6,7)8)13-11(2)14-16(3,4)5/h9-12H,1-8H3/b10-9+. The molecule has 0 radical (unpaired) electrons. The van der Waals surface area contributed by atoms with Gasteiger partial charge in [-0.05, 0) is 59.2 Å². The minimum Gasteiger partial charge on any atom is -0.393 e. The number of hydrogen-bond donors (Lipinski definition) is 0. The Hall–Kier alpha value is 0.0538. The fourth-order valence-electron chi connectivity index (χ4n) is 1.33. The van der Waals surface area contributed by atoms with Crippen LogP contribution in [0.25, 0.3) is 0 Å². The van der Waals surface area contributed by atoms with Crippen LogP contribution < -0.4 is 0 Å². The molecule has 102 valence electrons. The largest absolute Gasteiger partial charge is 0.393 e. The van der Waals surface area contributed by atoms with E-state index in [4.69, 9.17) is 13.6 Å². The lowest BCUT2D eigenvalue weighted by Gasteiger charge is -2.29. The molecule has 0 aromatic rings. The van der Waals surface area contributed by atoms with E-state index in [1.54, 1.807) is 0 Å². The summed E-state index contributed by atoms with van der Waals surface area (Å²) in [5.74, 6) is 0. The zero-order valence-corrected chi connectivity index (χ0v) is 14.5. The third-order valence-corrected chi connectivity index (χ3v) is 3.64. The van der Waals surface area contributed by atoms with Crippen molar-refractivity contribution in [3.8, 4) is 0 Å². The first-order valence-corrected chi connectivity index (χ1v) is 13.0. The maximum Gasteiger partial charge on any atom is 0.187 e. The van der Waals surface area contributed by atoms with Crippen molar-refractivity contribution in [1.29, 1.82) is 0 Å². The van der Waals surface area contributed by atoms with Crippen molar-refractivity contribution in [2.24, 2.45) is 0 Å². The lowest BCUT2D eigenvalue weighted by Crippen LogP contribution is -2.38. The summed E-state index contributed by atoms with van der Waals surface area (Å²) in [6.45, 7) is 16.8. The van der Waals surface area contributed by atoms with Crippen LogP contribution in [-0.4, -0.2) is 29.2 Å². The quantitative estimate of drug-likeness (QED) is 0.400. The van der Waals surface area contributed by atoms with Gasteiger partial charge in [-0.25, -0.2) is 0 Å². The number of allylic oxidation sites excluding steroid dienone is 1. The molecule has 5 heteroatoms. The van der Waals surface area contributed by atoms with Crippen LogP contribution in [-0.2, 0) is 13.6 Å². The second-order valence-electron chi connectivity index (χ2n) is 6.06. The van der Waals surface area contributed by atoms with Gasteiger partial charge in [-0.3, -0.25) is 0 Å². The van der Waals surface area contributed by atoms with Crippen LogP contribution in [0.3, 0.4) is 0 Å². The molecule has 0 fully saturated rings. The highest BCUT2D eigenvalue weighted by Gasteiger charge is 2.24. The molecule has 0 rings (SSSR count). The van der Waals surface area contributed by atoms with E-state index in [1.165, 1.54) is 0 Å². The minimum atomic E-state index is -1.60. The fourth-order valence-corrected chi connectivity index (χ4v) is 3.21. The fraction of sp³-hybridized carbons (Fsp3) is 0.833. The molecule has 2 atom stereocenters. The molecule has 0 saturated heterocycles. The molecule has 0 heterocycles. The highest BCUT2D eigenvalue weighted by atomic mass is 28.4. The molecular formula is C12H28O3Si2. The van der Waals surface area contributed by atoms with Crippen molar-refractivity contribution in [2.75, 3.05) is 0 Å². The van der Waals surface area contributed by atoms with Crippen LogP contribution in [0.2, 0.25) is 39.3 Å². The summed E-state index contributed by atoms with van der Waals surface area (Å²) in [7, 11) is -3.17. The summed E-state index contributed by atoms with van der Waals surface area (Å²) in [5.41, 5.74) is 0. The first kappa shape index (κ1) is 17.1. The van der Waals surface area contributed by atoms with Crippen molar-refractivity contribution in [3.05, 3.63) is 12.2 Å². The van der Waals surface area contributed by atoms with E-state index < -0.39 is 16.6 Å². The van der Waals surface area contributed by atoms with Crippen molar-refractivity contribution in [3.63, 3.8) is 0 Å². The van der Waals surface area contributed by atoms with Crippen LogP contribution in [0.15, 0.2) is 12.2 Å². The van der Waals surface area contributed by atoms with Crippen molar-refractivity contribution in [1.82, 2.24) is 0 Å². The van der Waals surface area contributed by atoms with Crippen LogP contribution >= 0.6 is 0 Å². The van der Waals surface area contributed by atoms with Gasteiger partial charge in [0.25, 0.3) is 0 Å². The number of ether oxygens (including phenoxy) is 1. The lowest BCUT2D eigenvalue weighted by atomic mass is 10.5. The third kappa shape index (κ3) is 10.9. The number of rotatable bonds is 7. The van der Waals surface area contributed by atoms with Gasteiger partial charge in [-0.1, -0.05) is 6.08 Å². The van der Waals surface area contributed by atoms with Gasteiger partial charge in [-0.15, -0.1) is 0 Å². The summed E-state index contributed by atoms with van der Waals surface area (Å²) < 4.78 is 17.6. The average molecular weight is 277 g/mol. The minimum absolute atomic E-state index is 0.223. The van der Waals surface area contributed by atoms with Gasteiger partial charge in [0.1, 0.15) is 6.29 Å². The first-order chi connectivity index (χ1) is 7.53. The number of hydrogen-bond acceptors (Lipinski definition) is 3. The Morgan fingerprint density at radius 1 is 0.882 bits per heavy atom.